The van der Waals surface area contributed by atoms with Gasteiger partial charge in [0, 0.05) is 6.54 Å². The van der Waals surface area contributed by atoms with Gasteiger partial charge in [0.1, 0.15) is 0 Å². The molecule has 0 atom stereocenters. The summed E-state index contributed by atoms with van der Waals surface area (Å²) < 4.78 is 26.2. The molecule has 1 fully saturated rings. The first kappa shape index (κ1) is 15.5. The average molecular weight is 307 g/mol. The minimum absolute atomic E-state index is 0.0530. The molecule has 0 saturated heterocycles. The van der Waals surface area contributed by atoms with Crippen LogP contribution in [0.3, 0.4) is 0 Å². The molecule has 0 aliphatic heterocycles. The molecule has 21 heavy (non-hydrogen) atoms. The summed E-state index contributed by atoms with van der Waals surface area (Å²) in [6.07, 6.45) is 7.31. The Morgan fingerprint density at radius 3 is 2.71 bits per heavy atom. The van der Waals surface area contributed by atoms with E-state index in [-0.39, 0.29) is 17.9 Å². The number of carboxylic acids is 1. The van der Waals surface area contributed by atoms with Crippen LogP contribution in [-0.2, 0) is 15.8 Å². The van der Waals surface area contributed by atoms with Gasteiger partial charge in [-0.15, -0.1) is 6.42 Å². The molecule has 0 amide bonds. The van der Waals surface area contributed by atoms with Gasteiger partial charge >= 0.3 is 5.97 Å². The Morgan fingerprint density at radius 1 is 1.43 bits per heavy atom. The van der Waals surface area contributed by atoms with Gasteiger partial charge in [0.2, 0.25) is 10.0 Å². The Bertz CT molecular complexity index is 671. The lowest BCUT2D eigenvalue weighted by Crippen LogP contribution is -2.34. The first-order valence-corrected chi connectivity index (χ1v) is 8.27. The van der Waals surface area contributed by atoms with Crippen LogP contribution < -0.4 is 0 Å². The van der Waals surface area contributed by atoms with Crippen LogP contribution in [0.2, 0.25) is 0 Å². The molecular formula is C15H17NO4S. The lowest BCUT2D eigenvalue weighted by atomic mass is 10.1. The van der Waals surface area contributed by atoms with Gasteiger partial charge in [0.15, 0.2) is 0 Å². The molecule has 1 aliphatic rings. The molecule has 0 spiro atoms. The highest BCUT2D eigenvalue weighted by molar-refractivity contribution is 7.88. The van der Waals surface area contributed by atoms with E-state index in [1.165, 1.54) is 16.4 Å². The van der Waals surface area contributed by atoms with Crippen LogP contribution >= 0.6 is 0 Å². The SMILES string of the molecule is C#CCN(CC1CC1)S(=O)(=O)Cc1cccc(C(=O)O)c1. The Morgan fingerprint density at radius 2 is 2.14 bits per heavy atom. The fourth-order valence-corrected chi connectivity index (χ4v) is 3.56. The number of carboxylic acid groups (broad SMARTS) is 1. The molecule has 6 heteroatoms. The summed E-state index contributed by atoms with van der Waals surface area (Å²) >= 11 is 0. The van der Waals surface area contributed by atoms with E-state index in [0.29, 0.717) is 18.0 Å². The van der Waals surface area contributed by atoms with Crippen LogP contribution in [0.1, 0.15) is 28.8 Å². The third-order valence-electron chi connectivity index (χ3n) is 3.34. The molecule has 1 aliphatic carbocycles. The van der Waals surface area contributed by atoms with E-state index >= 15 is 0 Å². The van der Waals surface area contributed by atoms with Gasteiger partial charge in [-0.25, -0.2) is 13.2 Å². The Balaban J connectivity index is 2.16. The first-order chi connectivity index (χ1) is 9.92. The minimum Gasteiger partial charge on any atom is -0.478 e. The zero-order valence-electron chi connectivity index (χ0n) is 11.5. The fraction of sp³-hybridized carbons (Fsp3) is 0.400. The summed E-state index contributed by atoms with van der Waals surface area (Å²) in [4.78, 5) is 10.9. The quantitative estimate of drug-likeness (QED) is 0.776. The molecule has 1 aromatic rings. The predicted octanol–water partition coefficient (Wildman–Crippen LogP) is 1.56. The second-order valence-electron chi connectivity index (χ2n) is 5.20. The van der Waals surface area contributed by atoms with Crippen molar-refractivity contribution in [2.75, 3.05) is 13.1 Å². The van der Waals surface area contributed by atoms with Crippen LogP contribution in [0.15, 0.2) is 24.3 Å². The zero-order chi connectivity index (χ0) is 15.5. The number of nitrogens with zero attached hydrogens (tertiary/aromatic N) is 1. The highest BCUT2D eigenvalue weighted by Crippen LogP contribution is 2.30. The molecule has 112 valence electrons. The van der Waals surface area contributed by atoms with Crippen LogP contribution in [0.5, 0.6) is 0 Å². The molecule has 0 heterocycles. The number of hydrogen-bond acceptors (Lipinski definition) is 3. The summed E-state index contributed by atoms with van der Waals surface area (Å²) in [6.45, 7) is 0.503. The topological polar surface area (TPSA) is 74.7 Å². The molecule has 0 radical (unpaired) electrons. The van der Waals surface area contributed by atoms with Gasteiger partial charge in [-0.1, -0.05) is 18.1 Å². The highest BCUT2D eigenvalue weighted by atomic mass is 32.2. The summed E-state index contributed by atoms with van der Waals surface area (Å²) in [5.74, 6) is 1.47. The van der Waals surface area contributed by atoms with Crippen molar-refractivity contribution in [2.45, 2.75) is 18.6 Å². The van der Waals surface area contributed by atoms with Crippen molar-refractivity contribution in [2.24, 2.45) is 5.92 Å². The third kappa shape index (κ3) is 4.31. The monoisotopic (exact) mass is 307 g/mol. The van der Waals surface area contributed by atoms with Crippen molar-refractivity contribution in [1.29, 1.82) is 0 Å². The Hall–Kier alpha value is -1.84. The van der Waals surface area contributed by atoms with E-state index in [1.54, 1.807) is 12.1 Å². The second-order valence-corrected chi connectivity index (χ2v) is 7.17. The Kier molecular flexibility index (Phi) is 4.66. The molecular weight excluding hydrogens is 290 g/mol. The lowest BCUT2D eigenvalue weighted by Gasteiger charge is -2.19. The smallest absolute Gasteiger partial charge is 0.335 e. The van der Waals surface area contributed by atoms with Crippen molar-refractivity contribution in [3.63, 3.8) is 0 Å². The van der Waals surface area contributed by atoms with Gasteiger partial charge in [0.05, 0.1) is 17.9 Å². The van der Waals surface area contributed by atoms with Gasteiger partial charge in [0.25, 0.3) is 0 Å². The normalized spacial score (nSPS) is 14.9. The minimum atomic E-state index is -3.54. The molecule has 5 nitrogen and oxygen atoms in total. The van der Waals surface area contributed by atoms with E-state index in [9.17, 15) is 13.2 Å². The maximum Gasteiger partial charge on any atom is 0.335 e. The molecule has 1 aromatic carbocycles. The molecule has 0 bridgehead atoms. The maximum absolute atomic E-state index is 12.4. The van der Waals surface area contributed by atoms with Gasteiger partial charge in [-0.05, 0) is 36.5 Å². The number of sulfonamides is 1. The van der Waals surface area contributed by atoms with Crippen LogP contribution in [0.4, 0.5) is 0 Å². The maximum atomic E-state index is 12.4. The number of hydrogen-bond donors (Lipinski definition) is 1. The summed E-state index contributed by atoms with van der Waals surface area (Å²) in [7, 11) is -3.54. The van der Waals surface area contributed by atoms with Crippen LogP contribution in [-0.4, -0.2) is 36.9 Å². The lowest BCUT2D eigenvalue weighted by molar-refractivity contribution is 0.0696. The standard InChI is InChI=1S/C15H17NO4S/c1-2-8-16(10-12-6-7-12)21(19,20)11-13-4-3-5-14(9-13)15(17)18/h1,3-5,9,12H,6-8,10-11H2,(H,17,18). The number of carbonyl (C=O) groups is 1. The van der Waals surface area contributed by atoms with Gasteiger partial charge in [-0.2, -0.15) is 4.31 Å². The second kappa shape index (κ2) is 6.29. The van der Waals surface area contributed by atoms with Crippen molar-refractivity contribution in [3.05, 3.63) is 35.4 Å². The predicted molar refractivity (Wildman–Crippen MR) is 79.2 cm³/mol. The molecule has 0 aromatic heterocycles. The third-order valence-corrected chi connectivity index (χ3v) is 5.11. The van der Waals surface area contributed by atoms with Crippen LogP contribution in [0, 0.1) is 18.3 Å². The summed E-state index contributed by atoms with van der Waals surface area (Å²) in [6, 6.07) is 5.96. The first-order valence-electron chi connectivity index (χ1n) is 6.66. The van der Waals surface area contributed by atoms with Gasteiger partial charge in [-0.3, -0.25) is 0 Å². The molecule has 0 unspecified atom stereocenters. The Labute approximate surface area is 124 Å². The van der Waals surface area contributed by atoms with E-state index in [4.69, 9.17) is 11.5 Å². The van der Waals surface area contributed by atoms with Crippen molar-refractivity contribution in [3.8, 4) is 12.3 Å². The van der Waals surface area contributed by atoms with Gasteiger partial charge < -0.3 is 5.11 Å². The molecule has 2 rings (SSSR count). The zero-order valence-corrected chi connectivity index (χ0v) is 12.3. The number of benzene rings is 1. The molecule has 1 saturated carbocycles. The van der Waals surface area contributed by atoms with Crippen molar-refractivity contribution >= 4 is 16.0 Å². The summed E-state index contributed by atoms with van der Waals surface area (Å²) in [5.41, 5.74) is 0.529. The highest BCUT2D eigenvalue weighted by Gasteiger charge is 2.30. The van der Waals surface area contributed by atoms with Crippen molar-refractivity contribution in [1.82, 2.24) is 4.31 Å². The van der Waals surface area contributed by atoms with E-state index in [1.807, 2.05) is 0 Å². The largest absolute Gasteiger partial charge is 0.478 e. The van der Waals surface area contributed by atoms with E-state index < -0.39 is 16.0 Å². The molecule has 1 N–H and O–H groups in total. The van der Waals surface area contributed by atoms with Crippen LogP contribution in [0.25, 0.3) is 0 Å². The summed E-state index contributed by atoms with van der Waals surface area (Å²) in [5, 5.41) is 8.94. The van der Waals surface area contributed by atoms with E-state index in [0.717, 1.165) is 12.8 Å². The number of rotatable bonds is 7. The number of terminal acetylenes is 1. The number of aromatic carboxylic acids is 1. The average Bonchev–Trinajstić information content (AvgIpc) is 3.22. The van der Waals surface area contributed by atoms with E-state index in [2.05, 4.69) is 5.92 Å². The van der Waals surface area contributed by atoms with Crippen molar-refractivity contribution < 1.29 is 18.3 Å². The fourth-order valence-electron chi connectivity index (χ4n) is 2.06.